The van der Waals surface area contributed by atoms with Crippen LogP contribution in [0.1, 0.15) is 45.4 Å². The van der Waals surface area contributed by atoms with Crippen molar-refractivity contribution >= 4 is 15.9 Å². The average Bonchev–Trinajstić information content (AvgIpc) is 2.05. The maximum atomic E-state index is 3.77. The number of halogens is 1. The lowest BCUT2D eigenvalue weighted by Crippen LogP contribution is -2.30. The standard InChI is InChI=1S/C11H19Br/c1-8-2-3-10-7-11(12)5-4-9(10)6-8/h8-11H,2-7H2,1H3/t8-,9?,10?,11-/m0/s1. The molecule has 4 atom stereocenters. The van der Waals surface area contributed by atoms with E-state index in [4.69, 9.17) is 0 Å². The molecule has 0 aromatic carbocycles. The fraction of sp³-hybridized carbons (Fsp3) is 1.00. The Morgan fingerprint density at radius 1 is 0.917 bits per heavy atom. The number of rotatable bonds is 0. The van der Waals surface area contributed by atoms with Crippen LogP contribution < -0.4 is 0 Å². The van der Waals surface area contributed by atoms with E-state index in [2.05, 4.69) is 22.9 Å². The van der Waals surface area contributed by atoms with E-state index in [9.17, 15) is 0 Å². The van der Waals surface area contributed by atoms with Crippen molar-refractivity contribution < 1.29 is 0 Å². The third-order valence-electron chi connectivity index (χ3n) is 3.81. The Morgan fingerprint density at radius 2 is 1.58 bits per heavy atom. The molecule has 12 heavy (non-hydrogen) atoms. The molecule has 1 heteroatoms. The summed E-state index contributed by atoms with van der Waals surface area (Å²) in [5.74, 6) is 3.17. The molecule has 0 bridgehead atoms. The normalized spacial score (nSPS) is 48.5. The van der Waals surface area contributed by atoms with Crippen molar-refractivity contribution in [2.45, 2.75) is 50.3 Å². The van der Waals surface area contributed by atoms with Crippen LogP contribution in [0.15, 0.2) is 0 Å². The van der Waals surface area contributed by atoms with E-state index < -0.39 is 0 Å². The summed E-state index contributed by atoms with van der Waals surface area (Å²) in [6.45, 7) is 2.43. The Hall–Kier alpha value is 0.480. The van der Waals surface area contributed by atoms with Crippen LogP contribution in [0.5, 0.6) is 0 Å². The first-order valence-corrected chi connectivity index (χ1v) is 6.31. The monoisotopic (exact) mass is 230 g/mol. The Bertz CT molecular complexity index is 137. The lowest BCUT2D eigenvalue weighted by atomic mass is 9.68. The molecule has 0 heterocycles. The topological polar surface area (TPSA) is 0 Å². The highest BCUT2D eigenvalue weighted by molar-refractivity contribution is 9.09. The van der Waals surface area contributed by atoms with Gasteiger partial charge in [-0.05, 0) is 49.9 Å². The highest BCUT2D eigenvalue weighted by Crippen LogP contribution is 2.44. The molecule has 0 aromatic rings. The molecule has 0 aliphatic heterocycles. The summed E-state index contributed by atoms with van der Waals surface area (Å²) in [5, 5.41) is 0. The smallest absolute Gasteiger partial charge is 0.0148 e. The van der Waals surface area contributed by atoms with E-state index in [1.807, 2.05) is 0 Å². The predicted molar refractivity (Wildman–Crippen MR) is 56.6 cm³/mol. The van der Waals surface area contributed by atoms with Crippen LogP contribution in [-0.4, -0.2) is 4.83 Å². The van der Waals surface area contributed by atoms with Gasteiger partial charge in [0.15, 0.2) is 0 Å². The number of fused-ring (bicyclic) bond motifs is 1. The van der Waals surface area contributed by atoms with E-state index in [1.54, 1.807) is 0 Å². The molecule has 2 fully saturated rings. The second-order valence-corrected chi connectivity index (χ2v) is 6.14. The van der Waals surface area contributed by atoms with E-state index in [-0.39, 0.29) is 0 Å². The highest BCUT2D eigenvalue weighted by Gasteiger charge is 2.33. The number of alkyl halides is 1. The van der Waals surface area contributed by atoms with Gasteiger partial charge in [0.1, 0.15) is 0 Å². The lowest BCUT2D eigenvalue weighted by Gasteiger charge is -2.40. The zero-order valence-electron chi connectivity index (χ0n) is 7.93. The fourth-order valence-corrected chi connectivity index (χ4v) is 3.81. The zero-order valence-corrected chi connectivity index (χ0v) is 9.52. The summed E-state index contributed by atoms with van der Waals surface area (Å²) in [7, 11) is 0. The van der Waals surface area contributed by atoms with Gasteiger partial charge >= 0.3 is 0 Å². The average molecular weight is 231 g/mol. The summed E-state index contributed by atoms with van der Waals surface area (Å²) in [5.41, 5.74) is 0. The second kappa shape index (κ2) is 3.69. The van der Waals surface area contributed by atoms with Crippen molar-refractivity contribution in [3.05, 3.63) is 0 Å². The molecule has 0 spiro atoms. The van der Waals surface area contributed by atoms with Crippen LogP contribution in [0.3, 0.4) is 0 Å². The van der Waals surface area contributed by atoms with Crippen molar-refractivity contribution in [1.82, 2.24) is 0 Å². The van der Waals surface area contributed by atoms with Crippen molar-refractivity contribution in [1.29, 1.82) is 0 Å². The van der Waals surface area contributed by atoms with Gasteiger partial charge in [0, 0.05) is 4.83 Å². The van der Waals surface area contributed by atoms with Gasteiger partial charge in [0.05, 0.1) is 0 Å². The van der Waals surface area contributed by atoms with Gasteiger partial charge in [-0.3, -0.25) is 0 Å². The van der Waals surface area contributed by atoms with Crippen LogP contribution in [-0.2, 0) is 0 Å². The quantitative estimate of drug-likeness (QED) is 0.553. The molecule has 2 unspecified atom stereocenters. The van der Waals surface area contributed by atoms with Gasteiger partial charge in [0.25, 0.3) is 0 Å². The molecule has 0 saturated heterocycles. The van der Waals surface area contributed by atoms with Gasteiger partial charge < -0.3 is 0 Å². The molecule has 0 amide bonds. The summed E-state index contributed by atoms with van der Waals surface area (Å²) in [6, 6.07) is 0. The van der Waals surface area contributed by atoms with Gasteiger partial charge in [-0.25, -0.2) is 0 Å². The third kappa shape index (κ3) is 1.86. The van der Waals surface area contributed by atoms with Gasteiger partial charge in [-0.15, -0.1) is 0 Å². The Balaban J connectivity index is 1.94. The van der Waals surface area contributed by atoms with Crippen molar-refractivity contribution in [2.24, 2.45) is 17.8 Å². The van der Waals surface area contributed by atoms with Gasteiger partial charge in [0.2, 0.25) is 0 Å². The minimum Gasteiger partial charge on any atom is -0.0891 e. The molecule has 0 N–H and O–H groups in total. The maximum absolute atomic E-state index is 3.77. The predicted octanol–water partition coefficient (Wildman–Crippen LogP) is 3.99. The van der Waals surface area contributed by atoms with Crippen LogP contribution in [0.4, 0.5) is 0 Å². The largest absolute Gasteiger partial charge is 0.0891 e. The highest BCUT2D eigenvalue weighted by atomic mass is 79.9. The van der Waals surface area contributed by atoms with Crippen LogP contribution in [0.2, 0.25) is 0 Å². The van der Waals surface area contributed by atoms with Crippen molar-refractivity contribution in [3.63, 3.8) is 0 Å². The number of hydrogen-bond acceptors (Lipinski definition) is 0. The minimum atomic E-state index is 0.840. The Kier molecular flexibility index (Phi) is 2.78. The molecular formula is C11H19Br. The van der Waals surface area contributed by atoms with Crippen molar-refractivity contribution in [3.8, 4) is 0 Å². The molecule has 0 radical (unpaired) electrons. The third-order valence-corrected chi connectivity index (χ3v) is 4.64. The first-order chi connectivity index (χ1) is 5.75. The first-order valence-electron chi connectivity index (χ1n) is 5.39. The van der Waals surface area contributed by atoms with E-state index in [0.29, 0.717) is 0 Å². The molecule has 0 aromatic heterocycles. The van der Waals surface area contributed by atoms with Crippen LogP contribution in [0.25, 0.3) is 0 Å². The molecule has 2 rings (SSSR count). The summed E-state index contributed by atoms with van der Waals surface area (Å²) in [4.78, 5) is 0.840. The van der Waals surface area contributed by atoms with Crippen molar-refractivity contribution in [2.75, 3.05) is 0 Å². The Labute approximate surface area is 84.2 Å². The molecular weight excluding hydrogens is 212 g/mol. The second-order valence-electron chi connectivity index (χ2n) is 4.85. The Morgan fingerprint density at radius 3 is 2.42 bits per heavy atom. The van der Waals surface area contributed by atoms with E-state index >= 15 is 0 Å². The van der Waals surface area contributed by atoms with Gasteiger partial charge in [-0.2, -0.15) is 0 Å². The number of hydrogen-bond donors (Lipinski definition) is 0. The summed E-state index contributed by atoms with van der Waals surface area (Å²) >= 11 is 3.77. The first kappa shape index (κ1) is 9.05. The molecule has 2 aliphatic carbocycles. The summed E-state index contributed by atoms with van der Waals surface area (Å²) < 4.78 is 0. The molecule has 2 saturated carbocycles. The van der Waals surface area contributed by atoms with E-state index in [0.717, 1.165) is 22.6 Å². The zero-order chi connectivity index (χ0) is 8.55. The summed E-state index contributed by atoms with van der Waals surface area (Å²) in [6.07, 6.45) is 8.88. The van der Waals surface area contributed by atoms with Crippen LogP contribution >= 0.6 is 15.9 Å². The molecule has 0 nitrogen and oxygen atoms in total. The molecule has 70 valence electrons. The lowest BCUT2D eigenvalue weighted by molar-refractivity contribution is 0.141. The van der Waals surface area contributed by atoms with E-state index in [1.165, 1.54) is 38.5 Å². The minimum absolute atomic E-state index is 0.840. The SMILES string of the molecule is C[C@H]1CCC2C[C@@H](Br)CCC2C1. The fourth-order valence-electron chi connectivity index (χ4n) is 3.07. The van der Waals surface area contributed by atoms with Crippen LogP contribution in [0, 0.1) is 17.8 Å². The maximum Gasteiger partial charge on any atom is 0.0148 e. The van der Waals surface area contributed by atoms with Gasteiger partial charge in [-0.1, -0.05) is 29.3 Å². The molecule has 2 aliphatic rings.